The second kappa shape index (κ2) is 6.64. The highest BCUT2D eigenvalue weighted by atomic mass is 31.2. The SMILES string of the molecule is CCCOP(=O)(CCC)CCO. The molecule has 1 atom stereocenters. The van der Waals surface area contributed by atoms with E-state index < -0.39 is 7.37 Å². The number of rotatable bonds is 7. The van der Waals surface area contributed by atoms with Gasteiger partial charge in [-0.05, 0) is 12.8 Å². The normalized spacial score (nSPS) is 15.9. The van der Waals surface area contributed by atoms with Crippen LogP contribution in [0.3, 0.4) is 0 Å². The molecule has 0 heterocycles. The van der Waals surface area contributed by atoms with Gasteiger partial charge in [-0.25, -0.2) is 0 Å². The predicted octanol–water partition coefficient (Wildman–Crippen LogP) is 2.09. The molecular weight excluding hydrogens is 175 g/mol. The van der Waals surface area contributed by atoms with Gasteiger partial charge in [-0.1, -0.05) is 13.8 Å². The maximum Gasteiger partial charge on any atom is 0.205 e. The van der Waals surface area contributed by atoms with Gasteiger partial charge in [0.05, 0.1) is 13.2 Å². The highest BCUT2D eigenvalue weighted by Crippen LogP contribution is 2.46. The van der Waals surface area contributed by atoms with Crippen LogP contribution in [0, 0.1) is 0 Å². The van der Waals surface area contributed by atoms with Crippen molar-refractivity contribution in [3.8, 4) is 0 Å². The van der Waals surface area contributed by atoms with Crippen molar-refractivity contribution in [3.05, 3.63) is 0 Å². The topological polar surface area (TPSA) is 46.5 Å². The highest BCUT2D eigenvalue weighted by Gasteiger charge is 2.20. The van der Waals surface area contributed by atoms with E-state index in [0.29, 0.717) is 18.9 Å². The summed E-state index contributed by atoms with van der Waals surface area (Å²) in [6.07, 6.45) is 2.62. The van der Waals surface area contributed by atoms with Crippen molar-refractivity contribution < 1.29 is 14.2 Å². The van der Waals surface area contributed by atoms with Crippen LogP contribution >= 0.6 is 7.37 Å². The Morgan fingerprint density at radius 1 is 1.25 bits per heavy atom. The fraction of sp³-hybridized carbons (Fsp3) is 1.00. The second-order valence-corrected chi connectivity index (χ2v) is 5.60. The van der Waals surface area contributed by atoms with Crippen LogP contribution in [-0.4, -0.2) is 30.6 Å². The molecule has 0 aliphatic rings. The molecule has 0 aromatic heterocycles. The molecule has 0 aliphatic carbocycles. The zero-order valence-corrected chi connectivity index (χ0v) is 8.85. The van der Waals surface area contributed by atoms with Gasteiger partial charge < -0.3 is 9.63 Å². The molecule has 4 heteroatoms. The third-order valence-electron chi connectivity index (χ3n) is 1.54. The lowest BCUT2D eigenvalue weighted by Crippen LogP contribution is -2.03. The van der Waals surface area contributed by atoms with Crippen molar-refractivity contribution in [2.75, 3.05) is 25.5 Å². The fourth-order valence-electron chi connectivity index (χ4n) is 0.992. The fourth-order valence-corrected chi connectivity index (χ4v) is 2.97. The van der Waals surface area contributed by atoms with Gasteiger partial charge in [-0.2, -0.15) is 0 Å². The summed E-state index contributed by atoms with van der Waals surface area (Å²) in [5.74, 6) is 0. The van der Waals surface area contributed by atoms with Crippen LogP contribution in [0.15, 0.2) is 0 Å². The number of hydrogen-bond acceptors (Lipinski definition) is 3. The molecule has 74 valence electrons. The minimum absolute atomic E-state index is 0.0407. The molecule has 0 amide bonds. The summed E-state index contributed by atoms with van der Waals surface area (Å²) in [5, 5.41) is 8.68. The quantitative estimate of drug-likeness (QED) is 0.631. The summed E-state index contributed by atoms with van der Waals surface area (Å²) in [6, 6.07) is 0. The minimum Gasteiger partial charge on any atom is -0.396 e. The van der Waals surface area contributed by atoms with E-state index in [1.165, 1.54) is 0 Å². The molecule has 0 saturated heterocycles. The zero-order chi connectivity index (χ0) is 9.45. The summed E-state index contributed by atoms with van der Waals surface area (Å²) < 4.78 is 17.0. The van der Waals surface area contributed by atoms with Gasteiger partial charge in [0.2, 0.25) is 7.37 Å². The Morgan fingerprint density at radius 3 is 2.33 bits per heavy atom. The molecule has 0 rings (SSSR count). The van der Waals surface area contributed by atoms with Crippen molar-refractivity contribution >= 4 is 7.37 Å². The van der Waals surface area contributed by atoms with E-state index in [4.69, 9.17) is 9.63 Å². The van der Waals surface area contributed by atoms with Crippen LogP contribution < -0.4 is 0 Å². The van der Waals surface area contributed by atoms with Crippen molar-refractivity contribution in [1.29, 1.82) is 0 Å². The molecule has 0 spiro atoms. The van der Waals surface area contributed by atoms with E-state index in [2.05, 4.69) is 0 Å². The summed E-state index contributed by atoms with van der Waals surface area (Å²) >= 11 is 0. The molecule has 1 unspecified atom stereocenters. The molecule has 1 N–H and O–H groups in total. The molecule has 3 nitrogen and oxygen atoms in total. The molecule has 0 aromatic carbocycles. The molecule has 0 aliphatic heterocycles. The van der Waals surface area contributed by atoms with E-state index in [0.717, 1.165) is 12.8 Å². The lowest BCUT2D eigenvalue weighted by molar-refractivity contribution is 0.287. The van der Waals surface area contributed by atoms with E-state index in [1.807, 2.05) is 13.8 Å². The third kappa shape index (κ3) is 4.91. The molecule has 0 bridgehead atoms. The molecule has 0 radical (unpaired) electrons. The summed E-state index contributed by atoms with van der Waals surface area (Å²) in [7, 11) is -2.49. The van der Waals surface area contributed by atoms with Crippen LogP contribution in [0.25, 0.3) is 0 Å². The van der Waals surface area contributed by atoms with E-state index in [1.54, 1.807) is 0 Å². The maximum absolute atomic E-state index is 11.8. The lowest BCUT2D eigenvalue weighted by Gasteiger charge is -2.16. The van der Waals surface area contributed by atoms with Crippen LogP contribution in [0.5, 0.6) is 0 Å². The zero-order valence-electron chi connectivity index (χ0n) is 7.95. The first-order valence-corrected chi connectivity index (χ1v) is 6.51. The Bertz CT molecular complexity index is 137. The molecule has 0 aromatic rings. The van der Waals surface area contributed by atoms with Crippen molar-refractivity contribution in [1.82, 2.24) is 0 Å². The summed E-state index contributed by atoms with van der Waals surface area (Å²) in [4.78, 5) is 0. The van der Waals surface area contributed by atoms with Crippen LogP contribution in [0.1, 0.15) is 26.7 Å². The van der Waals surface area contributed by atoms with Gasteiger partial charge >= 0.3 is 0 Å². The number of aliphatic hydroxyl groups is 1. The Kier molecular flexibility index (Phi) is 6.73. The lowest BCUT2D eigenvalue weighted by atomic mass is 10.5. The van der Waals surface area contributed by atoms with Gasteiger partial charge in [0.15, 0.2) is 0 Å². The van der Waals surface area contributed by atoms with Gasteiger partial charge in [0.25, 0.3) is 0 Å². The van der Waals surface area contributed by atoms with Gasteiger partial charge in [-0.15, -0.1) is 0 Å². The van der Waals surface area contributed by atoms with E-state index >= 15 is 0 Å². The Hall–Kier alpha value is 0.150. The molecular formula is C8H19O3P. The van der Waals surface area contributed by atoms with Gasteiger partial charge in [0.1, 0.15) is 0 Å². The van der Waals surface area contributed by atoms with Crippen molar-refractivity contribution in [2.24, 2.45) is 0 Å². The molecule has 0 saturated carbocycles. The molecule has 12 heavy (non-hydrogen) atoms. The smallest absolute Gasteiger partial charge is 0.205 e. The highest BCUT2D eigenvalue weighted by molar-refractivity contribution is 7.59. The average molecular weight is 194 g/mol. The van der Waals surface area contributed by atoms with Crippen LogP contribution in [-0.2, 0) is 9.09 Å². The van der Waals surface area contributed by atoms with E-state index in [9.17, 15) is 4.57 Å². The Balaban J connectivity index is 3.90. The summed E-state index contributed by atoms with van der Waals surface area (Å²) in [6.45, 7) is 4.45. The third-order valence-corrected chi connectivity index (χ3v) is 4.20. The first-order valence-electron chi connectivity index (χ1n) is 4.52. The van der Waals surface area contributed by atoms with Crippen LogP contribution in [0.2, 0.25) is 0 Å². The second-order valence-electron chi connectivity index (χ2n) is 2.82. The monoisotopic (exact) mass is 194 g/mol. The maximum atomic E-state index is 11.8. The molecule has 0 fully saturated rings. The van der Waals surface area contributed by atoms with Crippen LogP contribution in [0.4, 0.5) is 0 Å². The average Bonchev–Trinajstić information content (AvgIpc) is 2.02. The first kappa shape index (κ1) is 12.2. The Labute approximate surface area is 74.6 Å². The largest absolute Gasteiger partial charge is 0.396 e. The van der Waals surface area contributed by atoms with Crippen molar-refractivity contribution in [3.63, 3.8) is 0 Å². The van der Waals surface area contributed by atoms with Crippen molar-refractivity contribution in [2.45, 2.75) is 26.7 Å². The minimum atomic E-state index is -2.49. The predicted molar refractivity (Wildman–Crippen MR) is 51.0 cm³/mol. The van der Waals surface area contributed by atoms with E-state index in [-0.39, 0.29) is 6.61 Å². The Morgan fingerprint density at radius 2 is 1.92 bits per heavy atom. The van der Waals surface area contributed by atoms with Gasteiger partial charge in [0, 0.05) is 12.3 Å². The van der Waals surface area contributed by atoms with Gasteiger partial charge in [-0.3, -0.25) is 4.57 Å². The number of hydrogen-bond donors (Lipinski definition) is 1. The first-order chi connectivity index (χ1) is 5.68. The summed E-state index contributed by atoms with van der Waals surface area (Å²) in [5.41, 5.74) is 0. The number of aliphatic hydroxyl groups excluding tert-OH is 1. The standard InChI is InChI=1S/C8H19O3P/c1-3-6-11-12(10,7-4-2)8-5-9/h9H,3-8H2,1-2H3.